The zero-order chi connectivity index (χ0) is 25.6. The summed E-state index contributed by atoms with van der Waals surface area (Å²) in [5.41, 5.74) is 6.50. The zero-order valence-electron chi connectivity index (χ0n) is 21.1. The summed E-state index contributed by atoms with van der Waals surface area (Å²) < 4.78 is 10.7. The topological polar surface area (TPSA) is 52.6 Å². The van der Waals surface area contributed by atoms with Crippen LogP contribution in [0.3, 0.4) is 0 Å². The molecule has 0 fully saturated rings. The Hall–Kier alpha value is -2.79. The van der Waals surface area contributed by atoms with E-state index in [4.69, 9.17) is 9.47 Å². The first kappa shape index (κ1) is 28.4. The third-order valence-corrected chi connectivity index (χ3v) is 6.23. The van der Waals surface area contributed by atoms with E-state index in [1.807, 2.05) is 6.92 Å². The SMILES string of the molecule is C=C(CC)C(=O)OCCc1cc(CCOC(=O)C(=C)CS)cc(-c2ccc(CCCCC)cc2)c1. The van der Waals surface area contributed by atoms with Gasteiger partial charge >= 0.3 is 11.9 Å². The second-order valence-corrected chi connectivity index (χ2v) is 9.00. The molecule has 0 unspecified atom stereocenters. The van der Waals surface area contributed by atoms with Crippen molar-refractivity contribution in [2.45, 2.75) is 58.8 Å². The third kappa shape index (κ3) is 9.77. The maximum absolute atomic E-state index is 11.9. The van der Waals surface area contributed by atoms with E-state index in [2.05, 4.69) is 75.2 Å². The molecule has 2 rings (SSSR count). The number of unbranched alkanes of at least 4 members (excludes halogenated alkanes) is 2. The Morgan fingerprint density at radius 1 is 0.743 bits per heavy atom. The minimum atomic E-state index is -0.418. The van der Waals surface area contributed by atoms with Crippen molar-refractivity contribution in [3.8, 4) is 11.1 Å². The van der Waals surface area contributed by atoms with Crippen molar-refractivity contribution in [2.75, 3.05) is 19.0 Å². The summed E-state index contributed by atoms with van der Waals surface area (Å²) >= 11 is 4.07. The molecule has 2 aromatic rings. The minimum Gasteiger partial charge on any atom is -0.462 e. The maximum Gasteiger partial charge on any atom is 0.334 e. The molecule has 0 aliphatic rings. The van der Waals surface area contributed by atoms with E-state index < -0.39 is 5.97 Å². The average Bonchev–Trinajstić information content (AvgIpc) is 2.88. The van der Waals surface area contributed by atoms with E-state index in [1.54, 1.807) is 0 Å². The summed E-state index contributed by atoms with van der Waals surface area (Å²) in [4.78, 5) is 23.9. The number of ether oxygens (including phenoxy) is 2. The lowest BCUT2D eigenvalue weighted by Gasteiger charge is -2.12. The summed E-state index contributed by atoms with van der Waals surface area (Å²) in [6.45, 7) is 12.0. The fraction of sp³-hybridized carbons (Fsp3) is 0.400. The highest BCUT2D eigenvalue weighted by Gasteiger charge is 2.10. The summed E-state index contributed by atoms with van der Waals surface area (Å²) in [6, 6.07) is 15.0. The smallest absolute Gasteiger partial charge is 0.334 e. The molecule has 188 valence electrons. The predicted octanol–water partition coefficient (Wildman–Crippen LogP) is 6.71. The van der Waals surface area contributed by atoms with Gasteiger partial charge in [-0.25, -0.2) is 9.59 Å². The standard InChI is InChI=1S/C30H38O4S/c1-5-7-8-9-24-10-12-27(13-11-24)28-19-25(14-16-33-29(31)22(3)6-2)18-26(20-28)15-17-34-30(32)23(4)21-35/h10-13,18-20,35H,3-9,14-17,21H2,1-2H3. The summed E-state index contributed by atoms with van der Waals surface area (Å²) in [5, 5.41) is 0. The van der Waals surface area contributed by atoms with E-state index in [0.717, 1.165) is 28.7 Å². The van der Waals surface area contributed by atoms with Crippen LogP contribution in [0.4, 0.5) is 0 Å². The predicted molar refractivity (Wildman–Crippen MR) is 147 cm³/mol. The Labute approximate surface area is 215 Å². The lowest BCUT2D eigenvalue weighted by atomic mass is 9.96. The van der Waals surface area contributed by atoms with E-state index in [0.29, 0.717) is 30.4 Å². The molecule has 0 aliphatic heterocycles. The van der Waals surface area contributed by atoms with Crippen molar-refractivity contribution in [3.63, 3.8) is 0 Å². The van der Waals surface area contributed by atoms with E-state index in [9.17, 15) is 9.59 Å². The van der Waals surface area contributed by atoms with Crippen molar-refractivity contribution >= 4 is 24.6 Å². The van der Waals surface area contributed by atoms with Gasteiger partial charge in [-0.1, -0.05) is 82.3 Å². The largest absolute Gasteiger partial charge is 0.462 e. The van der Waals surface area contributed by atoms with Crippen LogP contribution in [0.15, 0.2) is 66.8 Å². The van der Waals surface area contributed by atoms with Crippen LogP contribution >= 0.6 is 12.6 Å². The fourth-order valence-corrected chi connectivity index (χ4v) is 3.73. The number of benzene rings is 2. The Morgan fingerprint density at radius 3 is 1.83 bits per heavy atom. The first-order chi connectivity index (χ1) is 16.9. The lowest BCUT2D eigenvalue weighted by molar-refractivity contribution is -0.139. The molecular formula is C30H38O4S. The minimum absolute atomic E-state index is 0.260. The molecule has 0 heterocycles. The van der Waals surface area contributed by atoms with Crippen molar-refractivity contribution in [1.82, 2.24) is 0 Å². The molecular weight excluding hydrogens is 456 g/mol. The van der Waals surface area contributed by atoms with Crippen molar-refractivity contribution in [2.24, 2.45) is 0 Å². The quantitative estimate of drug-likeness (QED) is 0.129. The molecule has 0 spiro atoms. The van der Waals surface area contributed by atoms with Gasteiger partial charge in [0.05, 0.1) is 13.2 Å². The highest BCUT2D eigenvalue weighted by atomic mass is 32.1. The molecule has 0 saturated carbocycles. The van der Waals surface area contributed by atoms with E-state index in [1.165, 1.54) is 24.8 Å². The molecule has 0 N–H and O–H groups in total. The molecule has 0 aliphatic carbocycles. The number of esters is 2. The van der Waals surface area contributed by atoms with Gasteiger partial charge < -0.3 is 9.47 Å². The van der Waals surface area contributed by atoms with Crippen LogP contribution < -0.4 is 0 Å². The van der Waals surface area contributed by atoms with Gasteiger partial charge in [-0.05, 0) is 47.1 Å². The second-order valence-electron chi connectivity index (χ2n) is 8.68. The number of thiol groups is 1. The van der Waals surface area contributed by atoms with Gasteiger partial charge in [-0.3, -0.25) is 0 Å². The second kappa shape index (κ2) is 15.3. The van der Waals surface area contributed by atoms with Gasteiger partial charge in [-0.15, -0.1) is 0 Å². The molecule has 35 heavy (non-hydrogen) atoms. The van der Waals surface area contributed by atoms with Crippen LogP contribution in [0.2, 0.25) is 0 Å². The summed E-state index contributed by atoms with van der Waals surface area (Å²) in [5.74, 6) is -0.493. The molecule has 0 aromatic heterocycles. The molecule has 0 amide bonds. The number of aryl methyl sites for hydroxylation is 1. The van der Waals surface area contributed by atoms with Gasteiger partial charge in [0.1, 0.15) is 0 Å². The van der Waals surface area contributed by atoms with Crippen LogP contribution in [-0.2, 0) is 38.3 Å². The van der Waals surface area contributed by atoms with Crippen LogP contribution in [-0.4, -0.2) is 30.9 Å². The van der Waals surface area contributed by atoms with Gasteiger partial charge in [0.2, 0.25) is 0 Å². The van der Waals surface area contributed by atoms with Crippen molar-refractivity contribution < 1.29 is 19.1 Å². The molecule has 5 heteroatoms. The lowest BCUT2D eigenvalue weighted by Crippen LogP contribution is -2.11. The first-order valence-electron chi connectivity index (χ1n) is 12.4. The Kier molecular flexibility index (Phi) is 12.4. The van der Waals surface area contributed by atoms with Crippen LogP contribution in [0, 0.1) is 0 Å². The number of hydrogen-bond donors (Lipinski definition) is 1. The number of rotatable bonds is 15. The molecule has 0 saturated heterocycles. The van der Waals surface area contributed by atoms with Gasteiger partial charge in [0, 0.05) is 29.7 Å². The Morgan fingerprint density at radius 2 is 1.31 bits per heavy atom. The normalized spacial score (nSPS) is 10.6. The average molecular weight is 495 g/mol. The zero-order valence-corrected chi connectivity index (χ0v) is 22.0. The number of hydrogen-bond acceptors (Lipinski definition) is 5. The van der Waals surface area contributed by atoms with Crippen molar-refractivity contribution in [3.05, 3.63) is 83.5 Å². The van der Waals surface area contributed by atoms with E-state index in [-0.39, 0.29) is 24.9 Å². The van der Waals surface area contributed by atoms with Crippen LogP contribution in [0.5, 0.6) is 0 Å². The maximum atomic E-state index is 11.9. The highest BCUT2D eigenvalue weighted by molar-refractivity contribution is 7.80. The van der Waals surface area contributed by atoms with Gasteiger partial charge in [0.15, 0.2) is 0 Å². The van der Waals surface area contributed by atoms with Crippen LogP contribution in [0.25, 0.3) is 11.1 Å². The monoisotopic (exact) mass is 494 g/mol. The van der Waals surface area contributed by atoms with Gasteiger partial charge in [0.25, 0.3) is 0 Å². The van der Waals surface area contributed by atoms with E-state index >= 15 is 0 Å². The number of carbonyl (C=O) groups is 2. The summed E-state index contributed by atoms with van der Waals surface area (Å²) in [6.07, 6.45) is 6.50. The van der Waals surface area contributed by atoms with Crippen molar-refractivity contribution in [1.29, 1.82) is 0 Å². The number of carbonyl (C=O) groups excluding carboxylic acids is 2. The molecule has 2 aromatic carbocycles. The molecule has 0 atom stereocenters. The molecule has 0 bridgehead atoms. The van der Waals surface area contributed by atoms with Gasteiger partial charge in [-0.2, -0.15) is 12.6 Å². The highest BCUT2D eigenvalue weighted by Crippen LogP contribution is 2.24. The summed E-state index contributed by atoms with van der Waals surface area (Å²) in [7, 11) is 0. The Balaban J connectivity index is 2.15. The first-order valence-corrected chi connectivity index (χ1v) is 13.0. The Bertz CT molecular complexity index is 955. The molecule has 0 radical (unpaired) electrons. The molecule has 4 nitrogen and oxygen atoms in total. The third-order valence-electron chi connectivity index (χ3n) is 5.85. The van der Waals surface area contributed by atoms with Crippen LogP contribution in [0.1, 0.15) is 56.2 Å². The fourth-order valence-electron chi connectivity index (χ4n) is 3.60.